The number of carbonyl (C=O) groups excluding carboxylic acids is 1. The Balaban J connectivity index is 1.54. The van der Waals surface area contributed by atoms with E-state index in [2.05, 4.69) is 10.3 Å². The van der Waals surface area contributed by atoms with Crippen LogP contribution in [0, 0.1) is 5.82 Å². The lowest BCUT2D eigenvalue weighted by atomic mass is 10.1. The Labute approximate surface area is 148 Å². The molecule has 25 heavy (non-hydrogen) atoms. The zero-order chi connectivity index (χ0) is 17.6. The zero-order valence-electron chi connectivity index (χ0n) is 13.4. The van der Waals surface area contributed by atoms with Crippen molar-refractivity contribution in [2.75, 3.05) is 12.3 Å². The van der Waals surface area contributed by atoms with Crippen LogP contribution in [0.4, 0.5) is 4.39 Å². The van der Waals surface area contributed by atoms with Crippen LogP contribution in [0.15, 0.2) is 59.5 Å². The van der Waals surface area contributed by atoms with E-state index in [0.29, 0.717) is 34.5 Å². The van der Waals surface area contributed by atoms with Gasteiger partial charge in [-0.1, -0.05) is 30.3 Å². The van der Waals surface area contributed by atoms with Crippen LogP contribution in [0.25, 0.3) is 10.9 Å². The van der Waals surface area contributed by atoms with E-state index in [0.717, 1.165) is 0 Å². The summed E-state index contributed by atoms with van der Waals surface area (Å²) >= 11 is 1.52. The second-order valence-corrected chi connectivity index (χ2v) is 6.58. The van der Waals surface area contributed by atoms with Crippen LogP contribution in [0.3, 0.4) is 0 Å². The molecule has 1 amide bonds. The first-order chi connectivity index (χ1) is 12.2. The van der Waals surface area contributed by atoms with Crippen molar-refractivity contribution in [1.82, 2.24) is 10.3 Å². The van der Waals surface area contributed by atoms with E-state index < -0.39 is 5.91 Å². The van der Waals surface area contributed by atoms with Gasteiger partial charge < -0.3 is 10.3 Å². The molecular formula is C19H17FN2O2S. The maximum Gasteiger partial charge on any atom is 0.256 e. The average Bonchev–Trinajstić information content (AvgIpc) is 2.63. The van der Waals surface area contributed by atoms with Crippen molar-refractivity contribution < 1.29 is 9.18 Å². The van der Waals surface area contributed by atoms with Gasteiger partial charge in [0.2, 0.25) is 5.43 Å². The van der Waals surface area contributed by atoms with Crippen LogP contribution >= 0.6 is 11.8 Å². The molecule has 4 nitrogen and oxygen atoms in total. The molecule has 0 saturated carbocycles. The standard InChI is InChI=1S/C19H17FN2O2S/c20-16-7-3-1-5-13(16)12-25-10-9-21-19(24)15-11-22-17-8-4-2-6-14(17)18(15)23/h1-8,11H,9-10,12H2,(H,21,24)(H,22,23). The molecule has 3 rings (SSSR count). The lowest BCUT2D eigenvalue weighted by molar-refractivity contribution is 0.0955. The highest BCUT2D eigenvalue weighted by molar-refractivity contribution is 7.98. The Morgan fingerprint density at radius 3 is 2.72 bits per heavy atom. The fraction of sp³-hybridized carbons (Fsp3) is 0.158. The van der Waals surface area contributed by atoms with Gasteiger partial charge in [-0.2, -0.15) is 11.8 Å². The molecule has 0 spiro atoms. The molecular weight excluding hydrogens is 339 g/mol. The fourth-order valence-electron chi connectivity index (χ4n) is 2.47. The van der Waals surface area contributed by atoms with E-state index >= 15 is 0 Å². The Morgan fingerprint density at radius 2 is 1.88 bits per heavy atom. The number of benzene rings is 2. The molecule has 128 valence electrons. The summed E-state index contributed by atoms with van der Waals surface area (Å²) in [6.45, 7) is 0.407. The van der Waals surface area contributed by atoms with Crippen LogP contribution in [-0.2, 0) is 5.75 Å². The summed E-state index contributed by atoms with van der Waals surface area (Å²) in [6, 6.07) is 13.7. The molecule has 0 aliphatic heterocycles. The minimum atomic E-state index is -0.404. The smallest absolute Gasteiger partial charge is 0.256 e. The summed E-state index contributed by atoms with van der Waals surface area (Å²) in [6.07, 6.45) is 1.44. The number of H-pyrrole nitrogens is 1. The van der Waals surface area contributed by atoms with Gasteiger partial charge >= 0.3 is 0 Å². The van der Waals surface area contributed by atoms with Crippen molar-refractivity contribution in [3.8, 4) is 0 Å². The van der Waals surface area contributed by atoms with Gasteiger partial charge in [-0.3, -0.25) is 9.59 Å². The van der Waals surface area contributed by atoms with E-state index in [4.69, 9.17) is 0 Å². The summed E-state index contributed by atoms with van der Waals surface area (Å²) in [5.41, 5.74) is 1.15. The lowest BCUT2D eigenvalue weighted by Gasteiger charge is -2.06. The summed E-state index contributed by atoms with van der Waals surface area (Å²) in [5, 5.41) is 3.22. The second kappa shape index (κ2) is 7.98. The highest BCUT2D eigenvalue weighted by atomic mass is 32.2. The van der Waals surface area contributed by atoms with Gasteiger partial charge in [0.15, 0.2) is 0 Å². The predicted molar refractivity (Wildman–Crippen MR) is 99.5 cm³/mol. The number of nitrogens with one attached hydrogen (secondary N) is 2. The van der Waals surface area contributed by atoms with Crippen LogP contribution in [0.5, 0.6) is 0 Å². The number of thioether (sulfide) groups is 1. The molecule has 2 aromatic carbocycles. The third-order valence-electron chi connectivity index (χ3n) is 3.78. The third kappa shape index (κ3) is 4.09. The third-order valence-corrected chi connectivity index (χ3v) is 4.79. The first-order valence-electron chi connectivity index (χ1n) is 7.86. The number of aromatic nitrogens is 1. The molecule has 1 heterocycles. The van der Waals surface area contributed by atoms with Crippen molar-refractivity contribution in [3.63, 3.8) is 0 Å². The van der Waals surface area contributed by atoms with Gasteiger partial charge in [-0.05, 0) is 23.8 Å². The van der Waals surface area contributed by atoms with Gasteiger partial charge in [0.1, 0.15) is 11.4 Å². The molecule has 2 N–H and O–H groups in total. The number of para-hydroxylation sites is 1. The van der Waals surface area contributed by atoms with Crippen molar-refractivity contribution in [2.45, 2.75) is 5.75 Å². The molecule has 0 aliphatic carbocycles. The average molecular weight is 356 g/mol. The van der Waals surface area contributed by atoms with E-state index in [1.807, 2.05) is 6.07 Å². The van der Waals surface area contributed by atoms with Crippen LogP contribution in [0.1, 0.15) is 15.9 Å². The van der Waals surface area contributed by atoms with Crippen molar-refractivity contribution >= 4 is 28.6 Å². The van der Waals surface area contributed by atoms with E-state index in [1.54, 1.807) is 36.4 Å². The number of rotatable bonds is 6. The number of hydrogen-bond acceptors (Lipinski definition) is 3. The van der Waals surface area contributed by atoms with E-state index in [9.17, 15) is 14.0 Å². The highest BCUT2D eigenvalue weighted by Gasteiger charge is 2.12. The molecule has 0 aliphatic rings. The fourth-order valence-corrected chi connectivity index (χ4v) is 3.31. The number of hydrogen-bond donors (Lipinski definition) is 2. The minimum Gasteiger partial charge on any atom is -0.360 e. The Kier molecular flexibility index (Phi) is 5.50. The van der Waals surface area contributed by atoms with Crippen LogP contribution in [-0.4, -0.2) is 23.2 Å². The predicted octanol–water partition coefficient (Wildman–Crippen LogP) is 3.33. The monoisotopic (exact) mass is 356 g/mol. The maximum atomic E-state index is 13.5. The number of carbonyl (C=O) groups is 1. The topological polar surface area (TPSA) is 62.0 Å². The maximum absolute atomic E-state index is 13.5. The number of aromatic amines is 1. The molecule has 0 atom stereocenters. The van der Waals surface area contributed by atoms with Gasteiger partial charge in [-0.15, -0.1) is 0 Å². The summed E-state index contributed by atoms with van der Waals surface area (Å²) < 4.78 is 13.5. The van der Waals surface area contributed by atoms with E-state index in [-0.39, 0.29) is 16.8 Å². The number of pyridine rings is 1. The molecule has 3 aromatic rings. The number of fused-ring (bicyclic) bond motifs is 1. The summed E-state index contributed by atoms with van der Waals surface area (Å²) in [4.78, 5) is 27.5. The molecule has 1 aromatic heterocycles. The van der Waals surface area contributed by atoms with E-state index in [1.165, 1.54) is 24.0 Å². The molecule has 0 fully saturated rings. The first-order valence-corrected chi connectivity index (χ1v) is 9.02. The van der Waals surface area contributed by atoms with Gasteiger partial charge in [0.25, 0.3) is 5.91 Å². The van der Waals surface area contributed by atoms with Crippen molar-refractivity contribution in [2.24, 2.45) is 0 Å². The highest BCUT2D eigenvalue weighted by Crippen LogP contribution is 2.14. The number of halogens is 1. The quantitative estimate of drug-likeness (QED) is 0.666. The normalized spacial score (nSPS) is 10.8. The lowest BCUT2D eigenvalue weighted by Crippen LogP contribution is -2.30. The Bertz CT molecular complexity index is 955. The van der Waals surface area contributed by atoms with Crippen molar-refractivity contribution in [3.05, 3.63) is 81.9 Å². The van der Waals surface area contributed by atoms with Gasteiger partial charge in [-0.25, -0.2) is 4.39 Å². The molecule has 0 saturated heterocycles. The first kappa shape index (κ1) is 17.2. The number of amides is 1. The van der Waals surface area contributed by atoms with Gasteiger partial charge in [0.05, 0.1) is 0 Å². The van der Waals surface area contributed by atoms with Crippen LogP contribution < -0.4 is 10.7 Å². The zero-order valence-corrected chi connectivity index (χ0v) is 14.2. The Hall–Kier alpha value is -2.60. The summed E-state index contributed by atoms with van der Waals surface area (Å²) in [7, 11) is 0. The summed E-state index contributed by atoms with van der Waals surface area (Å²) in [5.74, 6) is 0.547. The second-order valence-electron chi connectivity index (χ2n) is 5.48. The largest absolute Gasteiger partial charge is 0.360 e. The molecule has 6 heteroatoms. The molecule has 0 radical (unpaired) electrons. The Morgan fingerprint density at radius 1 is 1.12 bits per heavy atom. The van der Waals surface area contributed by atoms with Gasteiger partial charge in [0, 0.05) is 35.2 Å². The van der Waals surface area contributed by atoms with Crippen molar-refractivity contribution in [1.29, 1.82) is 0 Å². The molecule has 0 bridgehead atoms. The molecule has 0 unspecified atom stereocenters. The van der Waals surface area contributed by atoms with Crippen LogP contribution in [0.2, 0.25) is 0 Å². The minimum absolute atomic E-state index is 0.0952. The SMILES string of the molecule is O=C(NCCSCc1ccccc1F)c1c[nH]c2ccccc2c1=O.